The molecule has 0 aliphatic rings. The van der Waals surface area contributed by atoms with Crippen molar-refractivity contribution in [3.8, 4) is 29.3 Å². The van der Waals surface area contributed by atoms with E-state index in [0.717, 1.165) is 12.7 Å². The molecule has 0 bridgehead atoms. The molecule has 0 unspecified atom stereocenters. The number of ether oxygens (including phenoxy) is 2. The van der Waals surface area contributed by atoms with Crippen molar-refractivity contribution in [1.29, 1.82) is 5.26 Å². The van der Waals surface area contributed by atoms with E-state index >= 15 is 0 Å². The summed E-state index contributed by atoms with van der Waals surface area (Å²) in [6.45, 7) is 2.30. The lowest BCUT2D eigenvalue weighted by molar-refractivity contribution is 0.219. The Morgan fingerprint density at radius 2 is 2.10 bits per heavy atom. The van der Waals surface area contributed by atoms with E-state index in [1.54, 1.807) is 12.1 Å². The average molecular weight is 465 g/mol. The Hall–Kier alpha value is -3.43. The number of hydrogen-bond acceptors (Lipinski definition) is 10. The predicted molar refractivity (Wildman–Crippen MR) is 110 cm³/mol. The van der Waals surface area contributed by atoms with Crippen molar-refractivity contribution >= 4 is 27.6 Å². The number of nitrogens with zero attached hydrogens (tertiary/aromatic N) is 5. The van der Waals surface area contributed by atoms with Gasteiger partial charge in [-0.1, -0.05) is 23.6 Å². The zero-order valence-corrected chi connectivity index (χ0v) is 18.1. The van der Waals surface area contributed by atoms with E-state index in [-0.39, 0.29) is 35.1 Å². The number of halogens is 1. The topological polar surface area (TPSA) is 153 Å². The Morgan fingerprint density at radius 3 is 2.81 bits per heavy atom. The third-order valence-corrected chi connectivity index (χ3v) is 4.44. The van der Waals surface area contributed by atoms with Crippen molar-refractivity contribution < 1.29 is 22.3 Å². The van der Waals surface area contributed by atoms with E-state index in [2.05, 4.69) is 24.9 Å². The van der Waals surface area contributed by atoms with Crippen molar-refractivity contribution in [2.24, 2.45) is 0 Å². The molecule has 1 aromatic carbocycles. The number of nitriles is 1. The SMILES string of the molecule is CCCOc1c(Cl)cc(-c2nnc(OCc3ccnc(NS(C)(=O)=O)n3)o2)cc1C#N. The first kappa shape index (κ1) is 22.3. The third kappa shape index (κ3) is 6.03. The molecule has 0 saturated carbocycles. The quantitative estimate of drug-likeness (QED) is 0.499. The van der Waals surface area contributed by atoms with Crippen LogP contribution >= 0.6 is 11.6 Å². The number of sulfonamides is 1. The summed E-state index contributed by atoms with van der Waals surface area (Å²) < 4.78 is 41.1. The van der Waals surface area contributed by atoms with Gasteiger partial charge in [0.1, 0.15) is 12.7 Å². The van der Waals surface area contributed by atoms with Crippen LogP contribution in [0.15, 0.2) is 28.8 Å². The van der Waals surface area contributed by atoms with Gasteiger partial charge in [-0.25, -0.2) is 18.4 Å². The molecular weight excluding hydrogens is 448 g/mol. The van der Waals surface area contributed by atoms with Gasteiger partial charge in [-0.3, -0.25) is 4.72 Å². The molecule has 0 saturated heterocycles. The highest BCUT2D eigenvalue weighted by Crippen LogP contribution is 2.34. The van der Waals surface area contributed by atoms with E-state index in [0.29, 0.717) is 23.6 Å². The summed E-state index contributed by atoms with van der Waals surface area (Å²) >= 11 is 6.25. The average Bonchev–Trinajstić information content (AvgIpc) is 3.19. The largest absolute Gasteiger partial charge is 0.491 e. The van der Waals surface area contributed by atoms with Crippen molar-refractivity contribution in [1.82, 2.24) is 20.2 Å². The molecule has 1 N–H and O–H groups in total. The van der Waals surface area contributed by atoms with Crippen LogP contribution in [0.5, 0.6) is 11.8 Å². The van der Waals surface area contributed by atoms with Crippen LogP contribution in [0.1, 0.15) is 24.6 Å². The minimum Gasteiger partial charge on any atom is -0.491 e. The Kier molecular flexibility index (Phi) is 6.88. The van der Waals surface area contributed by atoms with Gasteiger partial charge in [0.2, 0.25) is 16.0 Å². The molecule has 0 aliphatic heterocycles. The summed E-state index contributed by atoms with van der Waals surface area (Å²) in [5.74, 6) is 0.310. The maximum Gasteiger partial charge on any atom is 0.415 e. The van der Waals surface area contributed by atoms with E-state index < -0.39 is 10.0 Å². The number of nitrogens with one attached hydrogen (secondary N) is 1. The number of anilines is 1. The van der Waals surface area contributed by atoms with Gasteiger partial charge in [-0.15, -0.1) is 5.10 Å². The molecule has 0 fully saturated rings. The molecule has 0 spiro atoms. The number of hydrogen-bond donors (Lipinski definition) is 1. The highest BCUT2D eigenvalue weighted by molar-refractivity contribution is 7.91. The van der Waals surface area contributed by atoms with Gasteiger partial charge in [-0.2, -0.15) is 5.26 Å². The lowest BCUT2D eigenvalue weighted by Crippen LogP contribution is -2.13. The van der Waals surface area contributed by atoms with Crippen molar-refractivity contribution in [3.05, 3.63) is 40.7 Å². The minimum atomic E-state index is -3.51. The first-order valence-corrected chi connectivity index (χ1v) is 11.2. The molecule has 13 heteroatoms. The molecule has 31 heavy (non-hydrogen) atoms. The van der Waals surface area contributed by atoms with E-state index in [1.165, 1.54) is 12.3 Å². The van der Waals surface area contributed by atoms with Crippen LogP contribution < -0.4 is 14.2 Å². The monoisotopic (exact) mass is 464 g/mol. The molecule has 0 radical (unpaired) electrons. The highest BCUT2D eigenvalue weighted by Gasteiger charge is 2.17. The van der Waals surface area contributed by atoms with Gasteiger partial charge in [0.05, 0.1) is 29.1 Å². The molecule has 3 aromatic rings. The van der Waals surface area contributed by atoms with Crippen molar-refractivity contribution in [2.75, 3.05) is 17.6 Å². The molecule has 2 heterocycles. The van der Waals surface area contributed by atoms with Crippen LogP contribution in [0, 0.1) is 11.3 Å². The normalized spacial score (nSPS) is 11.0. The fourth-order valence-corrected chi connectivity index (χ4v) is 3.07. The molecule has 0 amide bonds. The third-order valence-electron chi connectivity index (χ3n) is 3.60. The van der Waals surface area contributed by atoms with Crippen LogP contribution in [0.2, 0.25) is 5.02 Å². The van der Waals surface area contributed by atoms with E-state index in [1.807, 2.05) is 13.0 Å². The Bertz CT molecular complexity index is 1220. The number of aromatic nitrogens is 4. The van der Waals surface area contributed by atoms with Gasteiger partial charge in [0.15, 0.2) is 5.75 Å². The maximum atomic E-state index is 11.3. The summed E-state index contributed by atoms with van der Waals surface area (Å²) in [5.41, 5.74) is 1.05. The second-order valence-electron chi connectivity index (χ2n) is 6.20. The fraction of sp³-hybridized carbons (Fsp3) is 0.278. The van der Waals surface area contributed by atoms with Crippen LogP contribution in [-0.4, -0.2) is 41.4 Å². The summed E-state index contributed by atoms with van der Waals surface area (Å²) in [4.78, 5) is 7.84. The maximum absolute atomic E-state index is 11.3. The van der Waals surface area contributed by atoms with Gasteiger partial charge in [0, 0.05) is 11.8 Å². The second-order valence-corrected chi connectivity index (χ2v) is 8.36. The zero-order chi connectivity index (χ0) is 22.4. The van der Waals surface area contributed by atoms with Gasteiger partial charge in [-0.05, 0) is 24.6 Å². The first-order chi connectivity index (χ1) is 14.8. The van der Waals surface area contributed by atoms with Gasteiger partial charge >= 0.3 is 6.08 Å². The summed E-state index contributed by atoms with van der Waals surface area (Å²) in [6.07, 6.45) is 3.00. The van der Waals surface area contributed by atoms with Crippen LogP contribution in [0.25, 0.3) is 11.5 Å². The zero-order valence-electron chi connectivity index (χ0n) is 16.5. The van der Waals surface area contributed by atoms with Gasteiger partial charge < -0.3 is 13.9 Å². The summed E-state index contributed by atoms with van der Waals surface area (Å²) in [6, 6.07) is 6.66. The fourth-order valence-electron chi connectivity index (χ4n) is 2.36. The number of benzene rings is 1. The van der Waals surface area contributed by atoms with Crippen LogP contribution in [0.3, 0.4) is 0 Å². The van der Waals surface area contributed by atoms with Gasteiger partial charge in [0.25, 0.3) is 5.89 Å². The van der Waals surface area contributed by atoms with E-state index in [4.69, 9.17) is 25.5 Å². The van der Waals surface area contributed by atoms with Crippen molar-refractivity contribution in [3.63, 3.8) is 0 Å². The van der Waals surface area contributed by atoms with Crippen LogP contribution in [-0.2, 0) is 16.6 Å². The molecule has 162 valence electrons. The molecule has 2 aromatic heterocycles. The standard InChI is InChI=1S/C18H17ClN6O5S/c1-3-6-28-15-12(9-20)7-11(8-14(15)19)16-23-24-18(30-16)29-10-13-4-5-21-17(22-13)25-31(2,26)27/h4-5,7-8H,3,6,10H2,1-2H3,(H,21,22,25). The number of rotatable bonds is 9. The Morgan fingerprint density at radius 1 is 1.29 bits per heavy atom. The smallest absolute Gasteiger partial charge is 0.415 e. The summed E-state index contributed by atoms with van der Waals surface area (Å²) in [5, 5.41) is 17.3. The Labute approximate surface area is 183 Å². The lowest BCUT2D eigenvalue weighted by atomic mass is 10.1. The highest BCUT2D eigenvalue weighted by atomic mass is 35.5. The first-order valence-electron chi connectivity index (χ1n) is 8.92. The van der Waals surface area contributed by atoms with Crippen LogP contribution in [0.4, 0.5) is 5.95 Å². The predicted octanol–water partition coefficient (Wildman–Crippen LogP) is 2.79. The minimum absolute atomic E-state index is 0.0728. The molecular formula is C18H17ClN6O5S. The lowest BCUT2D eigenvalue weighted by Gasteiger charge is -2.09. The molecule has 0 aliphatic carbocycles. The molecule has 11 nitrogen and oxygen atoms in total. The molecule has 3 rings (SSSR count). The molecule has 0 atom stereocenters. The second kappa shape index (κ2) is 9.59. The van der Waals surface area contributed by atoms with Crippen molar-refractivity contribution in [2.45, 2.75) is 20.0 Å². The van der Waals surface area contributed by atoms with E-state index in [9.17, 15) is 13.7 Å². The summed E-state index contributed by atoms with van der Waals surface area (Å²) in [7, 11) is -3.51. The Balaban J connectivity index is 1.73.